The molecule has 0 radical (unpaired) electrons. The number of nitrogens with one attached hydrogen (secondary N) is 1. The average molecular weight is 452 g/mol. The quantitative estimate of drug-likeness (QED) is 0.609. The lowest BCUT2D eigenvalue weighted by Gasteiger charge is -2.38. The third kappa shape index (κ3) is 5.97. The Kier molecular flexibility index (Phi) is 7.22. The fraction of sp³-hybridized carbons (Fsp3) is 0.833. The Morgan fingerprint density at radius 1 is 1.14 bits per heavy atom. The van der Waals surface area contributed by atoms with Crippen LogP contribution < -0.4 is 4.39 Å². The van der Waals surface area contributed by atoms with Crippen molar-refractivity contribution in [1.29, 1.82) is 0 Å². The van der Waals surface area contributed by atoms with Gasteiger partial charge in [0.05, 0.1) is 18.8 Å². The Balaban J connectivity index is 3.02. The van der Waals surface area contributed by atoms with Crippen LogP contribution in [0.4, 0.5) is 4.39 Å². The second kappa shape index (κ2) is 7.94. The minimum Gasteiger partial charge on any atom is -0.412 e. The summed E-state index contributed by atoms with van der Waals surface area (Å²) in [7, 11) is -8.40. The lowest BCUT2D eigenvalue weighted by molar-refractivity contribution is 0.173. The molecular weight excluding hydrogens is 413 g/mol. The molecule has 28 heavy (non-hydrogen) atoms. The molecule has 0 aliphatic carbocycles. The van der Waals surface area contributed by atoms with Crippen LogP contribution in [-0.2, 0) is 21.0 Å². The molecule has 1 atom stereocenters. The average Bonchev–Trinajstić information content (AvgIpc) is 2.75. The molecule has 0 aliphatic rings. The van der Waals surface area contributed by atoms with E-state index in [1.165, 1.54) is 4.68 Å². The van der Waals surface area contributed by atoms with Crippen molar-refractivity contribution in [2.45, 2.75) is 102 Å². The summed E-state index contributed by atoms with van der Waals surface area (Å²) in [6, 6.07) is 0. The first-order valence-corrected chi connectivity index (χ1v) is 17.0. The molecule has 0 unspecified atom stereocenters. The van der Waals surface area contributed by atoms with Crippen LogP contribution in [0, 0.1) is 5.82 Å². The molecule has 0 spiro atoms. The third-order valence-electron chi connectivity index (χ3n) is 5.95. The van der Waals surface area contributed by atoms with Gasteiger partial charge in [-0.05, 0) is 30.1 Å². The Hall–Kier alpha value is -0.556. The molecule has 0 saturated carbocycles. The van der Waals surface area contributed by atoms with Crippen molar-refractivity contribution in [2.75, 3.05) is 0 Å². The maximum atomic E-state index is 14.4. The van der Waals surface area contributed by atoms with Crippen molar-refractivity contribution in [3.05, 3.63) is 12.0 Å². The molecular formula is C18H38FN3O3SSi2. The predicted octanol–water partition coefficient (Wildman–Crippen LogP) is 4.72. The molecule has 10 heteroatoms. The van der Waals surface area contributed by atoms with E-state index in [2.05, 4.69) is 43.4 Å². The maximum Gasteiger partial charge on any atom is 0.256 e. The normalized spacial score (nSPS) is 15.7. The van der Waals surface area contributed by atoms with Crippen LogP contribution in [0.5, 0.6) is 0 Å². The van der Waals surface area contributed by atoms with E-state index in [1.54, 1.807) is 0 Å². The van der Waals surface area contributed by atoms with Gasteiger partial charge in [0, 0.05) is 0 Å². The summed E-state index contributed by atoms with van der Waals surface area (Å²) < 4.78 is 50.3. The largest absolute Gasteiger partial charge is 0.412 e. The van der Waals surface area contributed by atoms with E-state index in [4.69, 9.17) is 4.43 Å². The van der Waals surface area contributed by atoms with Gasteiger partial charge >= 0.3 is 0 Å². The molecule has 1 aromatic rings. The highest BCUT2D eigenvalue weighted by atomic mass is 32.2. The summed E-state index contributed by atoms with van der Waals surface area (Å²) in [5.74, 6) is -0.842. The lowest BCUT2D eigenvalue weighted by atomic mass is 10.2. The summed E-state index contributed by atoms with van der Waals surface area (Å²) in [5, 5.41) is 3.32. The fourth-order valence-electron chi connectivity index (χ4n) is 2.17. The number of hydrogen-bond donors (Lipinski definition) is 1. The van der Waals surface area contributed by atoms with Gasteiger partial charge in [0.25, 0.3) is 10.0 Å². The Morgan fingerprint density at radius 2 is 1.64 bits per heavy atom. The molecule has 164 valence electrons. The van der Waals surface area contributed by atoms with Gasteiger partial charge in [-0.15, -0.1) is 0 Å². The smallest absolute Gasteiger partial charge is 0.256 e. The van der Waals surface area contributed by atoms with E-state index < -0.39 is 37.4 Å². The SMILES string of the molecule is C[C@H](Cn1cc(F)c(S(=O)(=O)N[Si](C)(C)C(C)(C)C)n1)O[Si](C)(C)C(C)(C)C. The summed E-state index contributed by atoms with van der Waals surface area (Å²) >= 11 is 0. The van der Waals surface area contributed by atoms with E-state index in [0.717, 1.165) is 6.20 Å². The van der Waals surface area contributed by atoms with E-state index in [9.17, 15) is 12.8 Å². The second-order valence-electron chi connectivity index (χ2n) is 10.7. The monoisotopic (exact) mass is 451 g/mol. The molecule has 0 aliphatic heterocycles. The van der Waals surface area contributed by atoms with Gasteiger partial charge in [-0.3, -0.25) is 4.68 Å². The first kappa shape index (κ1) is 25.5. The van der Waals surface area contributed by atoms with Crippen LogP contribution in [0.1, 0.15) is 48.5 Å². The van der Waals surface area contributed by atoms with Gasteiger partial charge in [-0.1, -0.05) is 54.6 Å². The number of nitrogens with zero attached hydrogens (tertiary/aromatic N) is 2. The van der Waals surface area contributed by atoms with Gasteiger partial charge < -0.3 is 4.43 Å². The van der Waals surface area contributed by atoms with Crippen molar-refractivity contribution in [3.63, 3.8) is 0 Å². The highest BCUT2D eigenvalue weighted by Gasteiger charge is 2.41. The lowest BCUT2D eigenvalue weighted by Crippen LogP contribution is -2.54. The predicted molar refractivity (Wildman–Crippen MR) is 117 cm³/mol. The Bertz CT molecular complexity index is 794. The van der Waals surface area contributed by atoms with Crippen molar-refractivity contribution in [2.24, 2.45) is 0 Å². The van der Waals surface area contributed by atoms with Crippen LogP contribution in [0.3, 0.4) is 0 Å². The second-order valence-corrected chi connectivity index (χ2v) is 22.4. The summed E-state index contributed by atoms with van der Waals surface area (Å²) in [5.41, 5.74) is 0. The Morgan fingerprint density at radius 3 is 2.07 bits per heavy atom. The van der Waals surface area contributed by atoms with Crippen LogP contribution in [0.15, 0.2) is 11.2 Å². The summed E-state index contributed by atoms with van der Waals surface area (Å²) in [6.07, 6.45) is 0.926. The maximum absolute atomic E-state index is 14.4. The van der Waals surface area contributed by atoms with E-state index in [0.29, 0.717) is 6.54 Å². The third-order valence-corrected chi connectivity index (χ3v) is 18.2. The summed E-state index contributed by atoms with van der Waals surface area (Å²) in [6.45, 7) is 22.7. The highest BCUT2D eigenvalue weighted by Crippen LogP contribution is 2.37. The fourth-order valence-corrected chi connectivity index (χ4v) is 8.43. The van der Waals surface area contributed by atoms with Gasteiger partial charge in [-0.2, -0.15) is 5.10 Å². The molecule has 0 amide bonds. The zero-order valence-electron chi connectivity index (χ0n) is 19.3. The minimum atomic E-state index is -4.03. The summed E-state index contributed by atoms with van der Waals surface area (Å²) in [4.78, 5) is 0. The number of halogens is 1. The zero-order valence-corrected chi connectivity index (χ0v) is 22.1. The van der Waals surface area contributed by atoms with Crippen molar-refractivity contribution in [3.8, 4) is 0 Å². The molecule has 0 fully saturated rings. The topological polar surface area (TPSA) is 73.2 Å². The van der Waals surface area contributed by atoms with Crippen molar-refractivity contribution in [1.82, 2.24) is 14.2 Å². The van der Waals surface area contributed by atoms with Crippen molar-refractivity contribution < 1.29 is 17.2 Å². The van der Waals surface area contributed by atoms with Crippen LogP contribution in [0.25, 0.3) is 0 Å². The standard InChI is InChI=1S/C18H38FN3O3SSi2/c1-14(25-28(10,11)18(5,6)7)12-22-13-15(19)16(20-22)26(23,24)21-27(8,9)17(2,3)4/h13-14,21H,12H2,1-11H3/t14-/m1/s1. The molecule has 0 saturated heterocycles. The molecule has 0 aromatic carbocycles. The van der Waals surface area contributed by atoms with Gasteiger partial charge in [-0.25, -0.2) is 17.2 Å². The highest BCUT2D eigenvalue weighted by molar-refractivity contribution is 7.90. The molecule has 1 heterocycles. The van der Waals surface area contributed by atoms with Gasteiger partial charge in [0.15, 0.2) is 14.1 Å². The van der Waals surface area contributed by atoms with E-state index in [1.807, 2.05) is 40.8 Å². The molecule has 1 aromatic heterocycles. The Labute approximate surface area is 172 Å². The van der Waals surface area contributed by atoms with Crippen LogP contribution >= 0.6 is 0 Å². The van der Waals surface area contributed by atoms with E-state index in [-0.39, 0.29) is 16.2 Å². The van der Waals surface area contributed by atoms with Crippen molar-refractivity contribution >= 4 is 26.6 Å². The zero-order chi connectivity index (χ0) is 22.3. The molecule has 0 bridgehead atoms. The van der Waals surface area contributed by atoms with Crippen LogP contribution in [-0.4, -0.2) is 40.9 Å². The molecule has 1 N–H and O–H groups in total. The number of aromatic nitrogens is 2. The van der Waals surface area contributed by atoms with Gasteiger partial charge in [0.2, 0.25) is 5.03 Å². The number of hydrogen-bond acceptors (Lipinski definition) is 4. The van der Waals surface area contributed by atoms with Gasteiger partial charge in [0.1, 0.15) is 8.24 Å². The number of sulfonamides is 1. The first-order valence-electron chi connectivity index (χ1n) is 9.64. The first-order chi connectivity index (χ1) is 12.2. The number of rotatable bonds is 7. The minimum absolute atomic E-state index is 0.0538. The van der Waals surface area contributed by atoms with Crippen LogP contribution in [0.2, 0.25) is 36.3 Å². The molecule has 1 rings (SSSR count). The van der Waals surface area contributed by atoms with E-state index >= 15 is 0 Å². The molecule has 6 nitrogen and oxygen atoms in total.